The number of furan rings is 1. The van der Waals surface area contributed by atoms with E-state index in [4.69, 9.17) is 14.4 Å². The second-order valence-corrected chi connectivity index (χ2v) is 14.1. The van der Waals surface area contributed by atoms with E-state index in [1.165, 1.54) is 44.2 Å². The largest absolute Gasteiger partial charge is 0.456 e. The Bertz CT molecular complexity index is 3000. The predicted molar refractivity (Wildman–Crippen MR) is 220 cm³/mol. The maximum absolute atomic E-state index is 6.34. The van der Waals surface area contributed by atoms with E-state index in [-0.39, 0.29) is 0 Å². The van der Waals surface area contributed by atoms with Crippen molar-refractivity contribution < 1.29 is 4.42 Å². The highest BCUT2D eigenvalue weighted by Crippen LogP contribution is 2.60. The lowest BCUT2D eigenvalue weighted by molar-refractivity contribution is 0.669. The number of benzene rings is 8. The van der Waals surface area contributed by atoms with Gasteiger partial charge in [0.25, 0.3) is 0 Å². The van der Waals surface area contributed by atoms with Crippen LogP contribution in [0.15, 0.2) is 199 Å². The summed E-state index contributed by atoms with van der Waals surface area (Å²) in [7, 11) is 0. The van der Waals surface area contributed by atoms with Crippen LogP contribution in [-0.2, 0) is 5.41 Å². The van der Waals surface area contributed by atoms with Crippen molar-refractivity contribution in [1.29, 1.82) is 0 Å². The van der Waals surface area contributed by atoms with Crippen LogP contribution >= 0.6 is 0 Å². The van der Waals surface area contributed by atoms with Gasteiger partial charge in [-0.25, -0.2) is 9.97 Å². The van der Waals surface area contributed by atoms with Gasteiger partial charge in [-0.05, 0) is 68.4 Å². The summed E-state index contributed by atoms with van der Waals surface area (Å²) >= 11 is 0. The monoisotopic (exact) mass is 688 g/mol. The summed E-state index contributed by atoms with van der Waals surface area (Å²) in [6, 6.07) is 69.2. The van der Waals surface area contributed by atoms with Crippen molar-refractivity contribution in [3.63, 3.8) is 0 Å². The summed E-state index contributed by atoms with van der Waals surface area (Å²) in [5.41, 5.74) is 13.3. The van der Waals surface area contributed by atoms with Crippen molar-refractivity contribution in [2.45, 2.75) is 5.41 Å². The van der Waals surface area contributed by atoms with E-state index in [1.807, 2.05) is 30.3 Å². The minimum Gasteiger partial charge on any atom is -0.456 e. The highest BCUT2D eigenvalue weighted by Gasteiger charge is 2.48. The zero-order valence-electron chi connectivity index (χ0n) is 29.3. The number of nitrogens with zero attached hydrogens (tertiary/aromatic N) is 2. The molecule has 0 spiro atoms. The first kappa shape index (κ1) is 30.5. The highest BCUT2D eigenvalue weighted by molar-refractivity contribution is 6.06. The average molecular weight is 689 g/mol. The van der Waals surface area contributed by atoms with Crippen molar-refractivity contribution in [2.75, 3.05) is 0 Å². The Morgan fingerprint density at radius 1 is 0.407 bits per heavy atom. The second-order valence-electron chi connectivity index (χ2n) is 14.1. The Morgan fingerprint density at radius 2 is 1.06 bits per heavy atom. The Kier molecular flexibility index (Phi) is 6.77. The summed E-state index contributed by atoms with van der Waals surface area (Å²) in [6.07, 6.45) is 0. The Balaban J connectivity index is 1.22. The van der Waals surface area contributed by atoms with Gasteiger partial charge in [0.15, 0.2) is 5.82 Å². The number of hydrogen-bond donors (Lipinski definition) is 0. The third kappa shape index (κ3) is 4.49. The third-order valence-electron chi connectivity index (χ3n) is 11.2. The SMILES string of the molecule is c1ccc(-c2nc(-c3ccc4c(c3)oc3ccccc34)cc(-c3cccc4c3-c3ccc5ccccc5c3C4(c3ccccc3)c3ccccc3)n2)cc1. The normalized spacial score (nSPS) is 13.0. The molecule has 0 unspecified atom stereocenters. The maximum Gasteiger partial charge on any atom is 0.160 e. The average Bonchev–Trinajstić information content (AvgIpc) is 3.78. The molecule has 0 N–H and O–H groups in total. The minimum atomic E-state index is -0.561. The molecule has 10 aromatic rings. The van der Waals surface area contributed by atoms with Gasteiger partial charge in [-0.15, -0.1) is 0 Å². The number of fused-ring (bicyclic) bond motifs is 8. The van der Waals surface area contributed by atoms with E-state index >= 15 is 0 Å². The van der Waals surface area contributed by atoms with Gasteiger partial charge in [-0.3, -0.25) is 0 Å². The summed E-state index contributed by atoms with van der Waals surface area (Å²) in [6.45, 7) is 0. The molecule has 3 heteroatoms. The van der Waals surface area contributed by atoms with Crippen LogP contribution in [0.1, 0.15) is 22.3 Å². The second kappa shape index (κ2) is 12.0. The van der Waals surface area contributed by atoms with E-state index in [9.17, 15) is 0 Å². The quantitative estimate of drug-likeness (QED) is 0.181. The van der Waals surface area contributed by atoms with Crippen LogP contribution in [0.25, 0.3) is 77.7 Å². The van der Waals surface area contributed by atoms with Gasteiger partial charge in [0, 0.05) is 27.5 Å². The lowest BCUT2D eigenvalue weighted by Crippen LogP contribution is -2.28. The summed E-state index contributed by atoms with van der Waals surface area (Å²) in [4.78, 5) is 10.6. The molecule has 11 rings (SSSR count). The highest BCUT2D eigenvalue weighted by atomic mass is 16.3. The topological polar surface area (TPSA) is 38.9 Å². The van der Waals surface area contributed by atoms with Crippen LogP contribution in [-0.4, -0.2) is 9.97 Å². The Labute approximate surface area is 312 Å². The molecule has 0 saturated heterocycles. The molecule has 1 aliphatic rings. The molecule has 0 radical (unpaired) electrons. The Hall–Kier alpha value is -7.10. The van der Waals surface area contributed by atoms with E-state index in [0.717, 1.165) is 50.0 Å². The Morgan fingerprint density at radius 3 is 1.83 bits per heavy atom. The van der Waals surface area contributed by atoms with Crippen LogP contribution in [0.5, 0.6) is 0 Å². The molecule has 1 aliphatic carbocycles. The van der Waals surface area contributed by atoms with E-state index in [2.05, 4.69) is 164 Å². The lowest BCUT2D eigenvalue weighted by Gasteiger charge is -2.34. The van der Waals surface area contributed by atoms with Crippen molar-refractivity contribution in [3.05, 3.63) is 216 Å². The number of aromatic nitrogens is 2. The van der Waals surface area contributed by atoms with Gasteiger partial charge in [0.2, 0.25) is 0 Å². The van der Waals surface area contributed by atoms with Crippen LogP contribution < -0.4 is 0 Å². The molecule has 0 bridgehead atoms. The lowest BCUT2D eigenvalue weighted by atomic mass is 9.66. The fourth-order valence-corrected chi connectivity index (χ4v) is 8.86. The molecule has 54 heavy (non-hydrogen) atoms. The summed E-state index contributed by atoms with van der Waals surface area (Å²) in [5, 5.41) is 4.67. The van der Waals surface area contributed by atoms with Crippen molar-refractivity contribution in [2.24, 2.45) is 0 Å². The van der Waals surface area contributed by atoms with Gasteiger partial charge in [0.1, 0.15) is 11.2 Å². The zero-order valence-corrected chi connectivity index (χ0v) is 29.3. The fraction of sp³-hybridized carbons (Fsp3) is 0.0196. The van der Waals surface area contributed by atoms with Crippen LogP contribution in [0.3, 0.4) is 0 Å². The minimum absolute atomic E-state index is 0.561. The third-order valence-corrected chi connectivity index (χ3v) is 11.2. The number of rotatable bonds is 5. The summed E-state index contributed by atoms with van der Waals surface area (Å²) in [5.74, 6) is 0.680. The molecule has 252 valence electrons. The molecular weight excluding hydrogens is 657 g/mol. The van der Waals surface area contributed by atoms with Crippen molar-refractivity contribution >= 4 is 32.7 Å². The van der Waals surface area contributed by atoms with Gasteiger partial charge in [0.05, 0.1) is 16.8 Å². The maximum atomic E-state index is 6.34. The number of para-hydroxylation sites is 1. The number of hydrogen-bond acceptors (Lipinski definition) is 3. The standard InChI is InChI=1S/C51H32N2O/c1-4-16-34(17-5-1)50-52-44(35-28-29-40-39-23-12-13-26-46(39)54-47(40)31-35)32-45(53-50)41-24-14-25-43-48(41)42-30-27-33-15-10-11-22-38(33)49(42)51(43,36-18-6-2-7-19-36)37-20-8-3-9-21-37/h1-32H. The first-order chi connectivity index (χ1) is 26.8. The van der Waals surface area contributed by atoms with Crippen LogP contribution in [0.2, 0.25) is 0 Å². The predicted octanol–water partition coefficient (Wildman–Crippen LogP) is 12.9. The van der Waals surface area contributed by atoms with Gasteiger partial charge in [-0.1, -0.05) is 170 Å². The van der Waals surface area contributed by atoms with E-state index < -0.39 is 5.41 Å². The molecule has 0 aliphatic heterocycles. The zero-order chi connectivity index (χ0) is 35.6. The molecular formula is C51H32N2O. The van der Waals surface area contributed by atoms with Gasteiger partial charge in [-0.2, -0.15) is 0 Å². The molecule has 0 fully saturated rings. The smallest absolute Gasteiger partial charge is 0.160 e. The molecule has 8 aromatic carbocycles. The van der Waals surface area contributed by atoms with Crippen LogP contribution in [0, 0.1) is 0 Å². The fourth-order valence-electron chi connectivity index (χ4n) is 8.86. The molecule has 0 saturated carbocycles. The molecule has 0 atom stereocenters. The first-order valence-corrected chi connectivity index (χ1v) is 18.4. The molecule has 2 heterocycles. The van der Waals surface area contributed by atoms with Gasteiger partial charge < -0.3 is 4.42 Å². The molecule has 3 nitrogen and oxygen atoms in total. The van der Waals surface area contributed by atoms with Crippen molar-refractivity contribution in [1.82, 2.24) is 9.97 Å². The van der Waals surface area contributed by atoms with E-state index in [0.29, 0.717) is 5.82 Å². The van der Waals surface area contributed by atoms with Crippen LogP contribution in [0.4, 0.5) is 0 Å². The first-order valence-electron chi connectivity index (χ1n) is 18.4. The van der Waals surface area contributed by atoms with E-state index in [1.54, 1.807) is 0 Å². The van der Waals surface area contributed by atoms with Crippen molar-refractivity contribution in [3.8, 4) is 45.0 Å². The molecule has 2 aromatic heterocycles. The molecule has 0 amide bonds. The summed E-state index contributed by atoms with van der Waals surface area (Å²) < 4.78 is 6.34. The van der Waals surface area contributed by atoms with Gasteiger partial charge >= 0.3 is 0 Å².